The molecule has 0 aromatic carbocycles. The quantitative estimate of drug-likeness (QED) is 0.657. The number of ketones is 2. The fourth-order valence-corrected chi connectivity index (χ4v) is 2.83. The highest BCUT2D eigenvalue weighted by atomic mass is 16.7. The molecule has 0 spiro atoms. The molecule has 2 bridgehead atoms. The average Bonchev–Trinajstić information content (AvgIpc) is 2.82. The molecule has 2 fully saturated rings. The Bertz CT molecular complexity index is 351. The van der Waals surface area contributed by atoms with Crippen LogP contribution in [0.5, 0.6) is 0 Å². The fraction of sp³-hybridized carbons (Fsp3) is 0.846. The molecule has 4 atom stereocenters. The van der Waals surface area contributed by atoms with Gasteiger partial charge in [0.1, 0.15) is 5.78 Å². The van der Waals surface area contributed by atoms with Gasteiger partial charge in [-0.25, -0.2) is 0 Å². The Labute approximate surface area is 112 Å². The maximum absolute atomic E-state index is 12.2. The second-order valence-electron chi connectivity index (χ2n) is 5.06. The van der Waals surface area contributed by atoms with E-state index in [9.17, 15) is 9.59 Å². The zero-order valence-corrected chi connectivity index (χ0v) is 11.5. The lowest BCUT2D eigenvalue weighted by Crippen LogP contribution is -2.45. The minimum atomic E-state index is -0.797. The maximum Gasteiger partial charge on any atom is 0.218 e. The van der Waals surface area contributed by atoms with E-state index < -0.39 is 12.6 Å². The molecule has 0 unspecified atom stereocenters. The zero-order valence-electron chi connectivity index (χ0n) is 11.5. The molecular weight excluding hydrogens is 252 g/mol. The van der Waals surface area contributed by atoms with Gasteiger partial charge < -0.3 is 23.7 Å². The van der Waals surface area contributed by atoms with Crippen LogP contribution in [0.3, 0.4) is 0 Å². The predicted octanol–water partition coefficient (Wildman–Crippen LogP) is 0.531. The van der Waals surface area contributed by atoms with E-state index in [-0.39, 0.29) is 35.9 Å². The third kappa shape index (κ3) is 3.02. The van der Waals surface area contributed by atoms with E-state index >= 15 is 0 Å². The van der Waals surface area contributed by atoms with Crippen LogP contribution < -0.4 is 0 Å². The van der Waals surface area contributed by atoms with E-state index in [4.69, 9.17) is 18.9 Å². The third-order valence-corrected chi connectivity index (χ3v) is 3.80. The molecule has 2 aliphatic rings. The van der Waals surface area contributed by atoms with Crippen molar-refractivity contribution < 1.29 is 28.5 Å². The van der Waals surface area contributed by atoms with Crippen LogP contribution in [0.4, 0.5) is 0 Å². The Kier molecular flexibility index (Phi) is 4.67. The van der Waals surface area contributed by atoms with Gasteiger partial charge in [-0.3, -0.25) is 4.79 Å². The van der Waals surface area contributed by atoms with Crippen LogP contribution in [0.1, 0.15) is 19.8 Å². The van der Waals surface area contributed by atoms with Crippen LogP contribution in [0, 0.1) is 11.8 Å². The lowest BCUT2D eigenvalue weighted by Gasteiger charge is -2.35. The van der Waals surface area contributed by atoms with Gasteiger partial charge in [0.15, 0.2) is 12.1 Å². The SMILES string of the molecule is COC(C[C@@H]1[C@H]2CO[C@H](O2)C(=O)[C@@H]1CC(C)=O)OC. The van der Waals surface area contributed by atoms with Crippen LogP contribution >= 0.6 is 0 Å². The van der Waals surface area contributed by atoms with E-state index in [1.807, 2.05) is 0 Å². The lowest BCUT2D eigenvalue weighted by atomic mass is 9.78. The Morgan fingerprint density at radius 2 is 2.11 bits per heavy atom. The third-order valence-electron chi connectivity index (χ3n) is 3.80. The minimum Gasteiger partial charge on any atom is -0.356 e. The number of carbonyl (C=O) groups is 2. The van der Waals surface area contributed by atoms with Crippen molar-refractivity contribution in [2.24, 2.45) is 11.8 Å². The molecule has 0 amide bonds. The molecule has 6 nitrogen and oxygen atoms in total. The highest BCUT2D eigenvalue weighted by Gasteiger charge is 2.50. The van der Waals surface area contributed by atoms with Crippen molar-refractivity contribution in [3.63, 3.8) is 0 Å². The van der Waals surface area contributed by atoms with Crippen LogP contribution in [0.15, 0.2) is 0 Å². The minimum absolute atomic E-state index is 0.00367. The highest BCUT2D eigenvalue weighted by molar-refractivity contribution is 5.90. The van der Waals surface area contributed by atoms with Gasteiger partial charge in [0.2, 0.25) is 6.29 Å². The van der Waals surface area contributed by atoms with E-state index in [2.05, 4.69) is 0 Å². The Morgan fingerprint density at radius 3 is 2.68 bits per heavy atom. The van der Waals surface area contributed by atoms with Crippen LogP contribution in [0.2, 0.25) is 0 Å². The zero-order chi connectivity index (χ0) is 14.0. The van der Waals surface area contributed by atoms with Gasteiger partial charge in [0, 0.05) is 38.9 Å². The first-order chi connectivity index (χ1) is 9.06. The fourth-order valence-electron chi connectivity index (χ4n) is 2.83. The predicted molar refractivity (Wildman–Crippen MR) is 64.3 cm³/mol. The second-order valence-corrected chi connectivity index (χ2v) is 5.06. The highest BCUT2D eigenvalue weighted by Crippen LogP contribution is 2.38. The number of Topliss-reactive ketones (excluding diaryl/α,β-unsaturated/α-hetero) is 2. The summed E-state index contributed by atoms with van der Waals surface area (Å²) in [6.07, 6.45) is -0.636. The van der Waals surface area contributed by atoms with Crippen LogP contribution in [-0.2, 0) is 28.5 Å². The van der Waals surface area contributed by atoms with Crippen molar-refractivity contribution in [2.75, 3.05) is 20.8 Å². The summed E-state index contributed by atoms with van der Waals surface area (Å²) in [6, 6.07) is 0. The summed E-state index contributed by atoms with van der Waals surface area (Å²) in [7, 11) is 3.10. The molecule has 2 rings (SSSR count). The van der Waals surface area contributed by atoms with E-state index in [0.717, 1.165) is 0 Å². The molecule has 2 saturated heterocycles. The maximum atomic E-state index is 12.2. The summed E-state index contributed by atoms with van der Waals surface area (Å²) >= 11 is 0. The summed E-state index contributed by atoms with van der Waals surface area (Å²) in [5.41, 5.74) is 0. The molecule has 0 saturated carbocycles. The first-order valence-corrected chi connectivity index (χ1v) is 6.42. The number of ether oxygens (including phenoxy) is 4. The molecular formula is C13H20O6. The van der Waals surface area contributed by atoms with Gasteiger partial charge in [-0.1, -0.05) is 0 Å². The molecule has 0 radical (unpaired) electrons. The Balaban J connectivity index is 2.14. The van der Waals surface area contributed by atoms with Gasteiger partial charge in [0.05, 0.1) is 12.7 Å². The number of methoxy groups -OCH3 is 2. The number of hydrogen-bond donors (Lipinski definition) is 0. The second kappa shape index (κ2) is 6.09. The van der Waals surface area contributed by atoms with Crippen molar-refractivity contribution in [1.82, 2.24) is 0 Å². The number of hydrogen-bond acceptors (Lipinski definition) is 6. The number of rotatable bonds is 6. The van der Waals surface area contributed by atoms with E-state index in [1.54, 1.807) is 14.2 Å². The van der Waals surface area contributed by atoms with Gasteiger partial charge in [-0.2, -0.15) is 0 Å². The van der Waals surface area contributed by atoms with Gasteiger partial charge >= 0.3 is 0 Å². The Hall–Kier alpha value is -0.820. The van der Waals surface area contributed by atoms with Crippen molar-refractivity contribution in [2.45, 2.75) is 38.4 Å². The van der Waals surface area contributed by atoms with Gasteiger partial charge in [-0.15, -0.1) is 0 Å². The molecule has 19 heavy (non-hydrogen) atoms. The summed E-state index contributed by atoms with van der Waals surface area (Å²) in [4.78, 5) is 23.6. The molecule has 6 heteroatoms. The molecule has 0 aromatic rings. The molecule has 2 heterocycles. The first-order valence-electron chi connectivity index (χ1n) is 6.42. The van der Waals surface area contributed by atoms with Crippen molar-refractivity contribution in [3.8, 4) is 0 Å². The largest absolute Gasteiger partial charge is 0.356 e. The lowest BCUT2D eigenvalue weighted by molar-refractivity contribution is -0.176. The Morgan fingerprint density at radius 1 is 1.42 bits per heavy atom. The van der Waals surface area contributed by atoms with Crippen molar-refractivity contribution in [3.05, 3.63) is 0 Å². The molecule has 108 valence electrons. The standard InChI is InChI=1S/C13H20O6/c1-7(14)4-9-8(5-11(16-2)17-3)10-6-18-13(19-10)12(9)15/h8-11,13H,4-6H2,1-3H3/t8-,9+,10+,13+/m0/s1. The summed E-state index contributed by atoms with van der Waals surface area (Å²) in [6.45, 7) is 1.88. The van der Waals surface area contributed by atoms with Crippen LogP contribution in [-0.4, -0.2) is 51.1 Å². The summed E-state index contributed by atoms with van der Waals surface area (Å²) < 4.78 is 21.2. The monoisotopic (exact) mass is 272 g/mol. The summed E-state index contributed by atoms with van der Waals surface area (Å²) in [5, 5.41) is 0. The van der Waals surface area contributed by atoms with Gasteiger partial charge in [-0.05, 0) is 6.92 Å². The number of carbonyl (C=O) groups excluding carboxylic acids is 2. The smallest absolute Gasteiger partial charge is 0.218 e. The first kappa shape index (κ1) is 14.6. The molecule has 0 aromatic heterocycles. The topological polar surface area (TPSA) is 71.1 Å². The van der Waals surface area contributed by atoms with E-state index in [1.165, 1.54) is 6.92 Å². The van der Waals surface area contributed by atoms with Crippen LogP contribution in [0.25, 0.3) is 0 Å². The van der Waals surface area contributed by atoms with Gasteiger partial charge in [0.25, 0.3) is 0 Å². The van der Waals surface area contributed by atoms with Crippen molar-refractivity contribution >= 4 is 11.6 Å². The molecule has 0 aliphatic carbocycles. The molecule has 0 N–H and O–H groups in total. The average molecular weight is 272 g/mol. The normalized spacial score (nSPS) is 34.0. The summed E-state index contributed by atoms with van der Waals surface area (Å²) in [5.74, 6) is -0.618. The van der Waals surface area contributed by atoms with Crippen molar-refractivity contribution in [1.29, 1.82) is 0 Å². The van der Waals surface area contributed by atoms with E-state index in [0.29, 0.717) is 13.0 Å². The number of fused-ring (bicyclic) bond motifs is 2. The molecule has 2 aliphatic heterocycles.